The lowest BCUT2D eigenvalue weighted by molar-refractivity contribution is 0.0688. The van der Waals surface area contributed by atoms with Gasteiger partial charge >= 0.3 is 5.97 Å². The van der Waals surface area contributed by atoms with Gasteiger partial charge in [-0.15, -0.1) is 0 Å². The van der Waals surface area contributed by atoms with E-state index in [4.69, 9.17) is 5.11 Å². The third-order valence-corrected chi connectivity index (χ3v) is 1.68. The molecule has 0 radical (unpaired) electrons. The van der Waals surface area contributed by atoms with E-state index in [9.17, 15) is 9.90 Å². The van der Waals surface area contributed by atoms with E-state index in [2.05, 4.69) is 4.98 Å². The molecule has 1 aromatic rings. The van der Waals surface area contributed by atoms with Crippen LogP contribution in [-0.2, 0) is 0 Å². The fourth-order valence-corrected chi connectivity index (χ4v) is 0.860. The maximum absolute atomic E-state index is 10.4. The zero-order valence-corrected chi connectivity index (χ0v) is 6.30. The molecule has 0 aliphatic rings. The van der Waals surface area contributed by atoms with Crippen molar-refractivity contribution in [3.8, 4) is 5.75 Å². The molecule has 1 aromatic heterocycles. The van der Waals surface area contributed by atoms with Gasteiger partial charge in [-0.05, 0) is 13.8 Å². The van der Waals surface area contributed by atoms with Crippen LogP contribution < -0.4 is 0 Å². The molecule has 0 amide bonds. The molecule has 0 bridgehead atoms. The first-order valence-electron chi connectivity index (χ1n) is 3.15. The fourth-order valence-electron chi connectivity index (χ4n) is 0.860. The number of hydrogen-bond acceptors (Lipinski definition) is 2. The quantitative estimate of drug-likeness (QED) is 0.567. The molecule has 0 fully saturated rings. The first-order chi connectivity index (χ1) is 5.04. The van der Waals surface area contributed by atoms with Crippen LogP contribution in [0.3, 0.4) is 0 Å². The summed E-state index contributed by atoms with van der Waals surface area (Å²) in [6.45, 7) is 3.37. The van der Waals surface area contributed by atoms with Crippen LogP contribution in [0.1, 0.15) is 21.7 Å². The highest BCUT2D eigenvalue weighted by Gasteiger charge is 2.15. The second-order valence-corrected chi connectivity index (χ2v) is 2.40. The largest absolute Gasteiger partial charge is 0.505 e. The Balaban J connectivity index is 3.29. The molecule has 0 aliphatic carbocycles. The summed E-state index contributed by atoms with van der Waals surface area (Å²) < 4.78 is 0. The van der Waals surface area contributed by atoms with Crippen molar-refractivity contribution in [2.24, 2.45) is 0 Å². The molecule has 60 valence electrons. The van der Waals surface area contributed by atoms with E-state index < -0.39 is 5.97 Å². The molecule has 4 heteroatoms. The molecule has 3 N–H and O–H groups in total. The van der Waals surface area contributed by atoms with E-state index >= 15 is 0 Å². The number of aromatic amines is 1. The number of carboxylic acid groups (broad SMARTS) is 1. The molecule has 1 heterocycles. The van der Waals surface area contributed by atoms with Crippen molar-refractivity contribution < 1.29 is 15.0 Å². The second kappa shape index (κ2) is 2.30. The summed E-state index contributed by atoms with van der Waals surface area (Å²) in [7, 11) is 0. The standard InChI is InChI=1S/C7H9NO3/c1-3-4(2)8-5(6(3)9)7(10)11/h8-9H,1-2H3,(H,10,11). The summed E-state index contributed by atoms with van der Waals surface area (Å²) >= 11 is 0. The summed E-state index contributed by atoms with van der Waals surface area (Å²) in [5.41, 5.74) is 1.13. The Labute approximate surface area is 63.5 Å². The molecule has 4 nitrogen and oxygen atoms in total. The number of aryl methyl sites for hydroxylation is 1. The smallest absolute Gasteiger partial charge is 0.356 e. The van der Waals surface area contributed by atoms with Crippen LogP contribution >= 0.6 is 0 Å². The highest BCUT2D eigenvalue weighted by Crippen LogP contribution is 2.23. The molecule has 1 rings (SSSR count). The van der Waals surface area contributed by atoms with Crippen LogP contribution in [0.4, 0.5) is 0 Å². The van der Waals surface area contributed by atoms with Crippen LogP contribution in [0, 0.1) is 13.8 Å². The third-order valence-electron chi connectivity index (χ3n) is 1.68. The van der Waals surface area contributed by atoms with Gasteiger partial charge in [0.25, 0.3) is 0 Å². The van der Waals surface area contributed by atoms with E-state index in [1.165, 1.54) is 0 Å². The highest BCUT2D eigenvalue weighted by molar-refractivity contribution is 5.89. The normalized spacial score (nSPS) is 10.0. The zero-order valence-electron chi connectivity index (χ0n) is 6.30. The van der Waals surface area contributed by atoms with Crippen molar-refractivity contribution in [1.29, 1.82) is 0 Å². The predicted molar refractivity (Wildman–Crippen MR) is 38.9 cm³/mol. The Morgan fingerprint density at radius 3 is 2.18 bits per heavy atom. The summed E-state index contributed by atoms with van der Waals surface area (Å²) in [6, 6.07) is 0. The molecule has 0 saturated heterocycles. The topological polar surface area (TPSA) is 73.3 Å². The summed E-state index contributed by atoms with van der Waals surface area (Å²) in [4.78, 5) is 13.0. The average Bonchev–Trinajstić information content (AvgIpc) is 2.17. The minimum atomic E-state index is -1.14. The molecular formula is C7H9NO3. The van der Waals surface area contributed by atoms with Gasteiger partial charge in [0, 0.05) is 11.3 Å². The van der Waals surface area contributed by atoms with Gasteiger partial charge in [-0.2, -0.15) is 0 Å². The maximum Gasteiger partial charge on any atom is 0.356 e. The number of carboxylic acids is 1. The third kappa shape index (κ3) is 1.07. The Morgan fingerprint density at radius 1 is 1.45 bits per heavy atom. The van der Waals surface area contributed by atoms with Gasteiger partial charge < -0.3 is 15.2 Å². The van der Waals surface area contributed by atoms with Crippen molar-refractivity contribution in [2.75, 3.05) is 0 Å². The number of rotatable bonds is 1. The van der Waals surface area contributed by atoms with Gasteiger partial charge in [-0.25, -0.2) is 4.79 Å². The molecule has 0 atom stereocenters. The number of H-pyrrole nitrogens is 1. The number of hydrogen-bond donors (Lipinski definition) is 3. The Kier molecular flexibility index (Phi) is 1.60. The second-order valence-electron chi connectivity index (χ2n) is 2.40. The molecular weight excluding hydrogens is 146 g/mol. The van der Waals surface area contributed by atoms with E-state index in [1.54, 1.807) is 13.8 Å². The van der Waals surface area contributed by atoms with Gasteiger partial charge in [0.2, 0.25) is 0 Å². The van der Waals surface area contributed by atoms with Gasteiger partial charge in [0.05, 0.1) is 0 Å². The molecule has 0 aromatic carbocycles. The number of carbonyl (C=O) groups is 1. The van der Waals surface area contributed by atoms with Crippen molar-refractivity contribution in [1.82, 2.24) is 4.98 Å². The number of aromatic hydroxyl groups is 1. The Hall–Kier alpha value is -1.45. The van der Waals surface area contributed by atoms with E-state index in [-0.39, 0.29) is 11.4 Å². The van der Waals surface area contributed by atoms with Crippen molar-refractivity contribution in [3.63, 3.8) is 0 Å². The molecule has 0 saturated carbocycles. The SMILES string of the molecule is Cc1[nH]c(C(=O)O)c(O)c1C. The summed E-state index contributed by atoms with van der Waals surface area (Å²) in [6.07, 6.45) is 0. The first-order valence-corrected chi connectivity index (χ1v) is 3.15. The summed E-state index contributed by atoms with van der Waals surface area (Å²) in [5.74, 6) is -1.31. The minimum absolute atomic E-state index is 0.139. The van der Waals surface area contributed by atoms with Crippen LogP contribution in [0.2, 0.25) is 0 Å². The minimum Gasteiger partial charge on any atom is -0.505 e. The van der Waals surface area contributed by atoms with Gasteiger partial charge in [-0.3, -0.25) is 0 Å². The predicted octanol–water partition coefficient (Wildman–Crippen LogP) is 1.04. The number of aromatic nitrogens is 1. The molecule has 0 aliphatic heterocycles. The van der Waals surface area contributed by atoms with Gasteiger partial charge in [-0.1, -0.05) is 0 Å². The van der Waals surface area contributed by atoms with Crippen LogP contribution in [-0.4, -0.2) is 21.2 Å². The zero-order chi connectivity index (χ0) is 8.59. The van der Waals surface area contributed by atoms with Gasteiger partial charge in [0.1, 0.15) is 0 Å². The highest BCUT2D eigenvalue weighted by atomic mass is 16.4. The lowest BCUT2D eigenvalue weighted by Gasteiger charge is -1.89. The maximum atomic E-state index is 10.4. The lowest BCUT2D eigenvalue weighted by Crippen LogP contribution is -1.96. The summed E-state index contributed by atoms with van der Waals surface area (Å²) in [5, 5.41) is 17.7. The molecule has 11 heavy (non-hydrogen) atoms. The van der Waals surface area contributed by atoms with Crippen LogP contribution in [0.15, 0.2) is 0 Å². The monoisotopic (exact) mass is 155 g/mol. The number of nitrogens with one attached hydrogen (secondary N) is 1. The van der Waals surface area contributed by atoms with E-state index in [1.807, 2.05) is 0 Å². The van der Waals surface area contributed by atoms with E-state index in [0.717, 1.165) is 0 Å². The molecule has 0 spiro atoms. The first kappa shape index (κ1) is 7.65. The van der Waals surface area contributed by atoms with Crippen LogP contribution in [0.25, 0.3) is 0 Å². The van der Waals surface area contributed by atoms with Crippen molar-refractivity contribution in [3.05, 3.63) is 17.0 Å². The Bertz CT molecular complexity index is 301. The Morgan fingerprint density at radius 2 is 2.00 bits per heavy atom. The van der Waals surface area contributed by atoms with Crippen molar-refractivity contribution >= 4 is 5.97 Å². The van der Waals surface area contributed by atoms with E-state index in [0.29, 0.717) is 11.3 Å². The van der Waals surface area contributed by atoms with Gasteiger partial charge in [0.15, 0.2) is 11.4 Å². The molecule has 0 unspecified atom stereocenters. The van der Waals surface area contributed by atoms with Crippen LogP contribution in [0.5, 0.6) is 5.75 Å². The van der Waals surface area contributed by atoms with Crippen molar-refractivity contribution in [2.45, 2.75) is 13.8 Å². The lowest BCUT2D eigenvalue weighted by atomic mass is 10.2. The fraction of sp³-hybridized carbons (Fsp3) is 0.286. The average molecular weight is 155 g/mol. The number of aromatic carboxylic acids is 1.